The predicted molar refractivity (Wildman–Crippen MR) is 87.1 cm³/mol. The van der Waals surface area contributed by atoms with Gasteiger partial charge in [0.2, 0.25) is 0 Å². The number of carbonyl (C=O) groups excluding carboxylic acids is 2. The molecule has 0 saturated heterocycles. The van der Waals surface area contributed by atoms with Crippen molar-refractivity contribution in [3.8, 4) is 0 Å². The minimum Gasteiger partial charge on any atom is -0.458 e. The molecule has 1 atom stereocenters. The number of amides is 2. The van der Waals surface area contributed by atoms with Crippen molar-refractivity contribution < 1.29 is 14.3 Å². The van der Waals surface area contributed by atoms with Gasteiger partial charge in [0.05, 0.1) is 0 Å². The summed E-state index contributed by atoms with van der Waals surface area (Å²) in [5.74, 6) is 5.35. The molecule has 0 spiro atoms. The Morgan fingerprint density at radius 2 is 2.00 bits per heavy atom. The van der Waals surface area contributed by atoms with Crippen molar-refractivity contribution in [1.29, 1.82) is 0 Å². The first-order valence-electron chi connectivity index (χ1n) is 7.63. The summed E-state index contributed by atoms with van der Waals surface area (Å²) >= 11 is 0. The van der Waals surface area contributed by atoms with Gasteiger partial charge in [0, 0.05) is 18.0 Å². The molecule has 3 N–H and O–H groups in total. The number of urea groups is 1. The Balaban J connectivity index is 4.65. The highest BCUT2D eigenvalue weighted by Gasteiger charge is 2.28. The molecule has 0 fully saturated rings. The molecule has 0 heterocycles. The largest absolute Gasteiger partial charge is 0.458 e. The normalized spacial score (nSPS) is 12.3. The highest BCUT2D eigenvalue weighted by Crippen LogP contribution is 2.13. The van der Waals surface area contributed by atoms with Crippen molar-refractivity contribution in [1.82, 2.24) is 10.3 Å². The zero-order valence-corrected chi connectivity index (χ0v) is 14.6. The second-order valence-electron chi connectivity index (χ2n) is 6.67. The van der Waals surface area contributed by atoms with Gasteiger partial charge in [-0.3, -0.25) is 5.01 Å². The Hall–Kier alpha value is -1.99. The number of ether oxygens (including phenoxy) is 1. The van der Waals surface area contributed by atoms with E-state index in [2.05, 4.69) is 15.3 Å². The van der Waals surface area contributed by atoms with Gasteiger partial charge in [-0.05, 0) is 45.1 Å². The Labute approximate surface area is 137 Å². The highest BCUT2D eigenvalue weighted by molar-refractivity contribution is 5.83. The van der Waals surface area contributed by atoms with Crippen molar-refractivity contribution in [2.45, 2.75) is 59.1 Å². The average Bonchev–Trinajstić information content (AvgIpc) is 2.40. The molecule has 9 nitrogen and oxygen atoms in total. The van der Waals surface area contributed by atoms with Gasteiger partial charge in [0.15, 0.2) is 0 Å². The zero-order valence-electron chi connectivity index (χ0n) is 14.6. The summed E-state index contributed by atoms with van der Waals surface area (Å²) in [4.78, 5) is 26.9. The van der Waals surface area contributed by atoms with Crippen molar-refractivity contribution in [2.75, 3.05) is 13.1 Å². The summed E-state index contributed by atoms with van der Waals surface area (Å²) in [5, 5.41) is 6.92. The lowest BCUT2D eigenvalue weighted by atomic mass is 10.0. The van der Waals surface area contributed by atoms with E-state index in [0.29, 0.717) is 12.8 Å². The number of nitrogens with one attached hydrogen (secondary N) is 1. The third-order valence-electron chi connectivity index (χ3n) is 2.68. The van der Waals surface area contributed by atoms with E-state index in [-0.39, 0.29) is 19.0 Å². The number of hydrogen-bond acceptors (Lipinski definition) is 5. The lowest BCUT2D eigenvalue weighted by Gasteiger charge is -2.27. The van der Waals surface area contributed by atoms with Crippen molar-refractivity contribution >= 4 is 12.0 Å². The maximum absolute atomic E-state index is 12.2. The summed E-state index contributed by atoms with van der Waals surface area (Å²) in [5.41, 5.74) is 7.55. The van der Waals surface area contributed by atoms with Crippen LogP contribution in [-0.4, -0.2) is 41.7 Å². The van der Waals surface area contributed by atoms with Crippen molar-refractivity contribution in [2.24, 2.45) is 16.9 Å². The Kier molecular flexibility index (Phi) is 9.05. The molecule has 0 radical (unpaired) electrons. The molecule has 23 heavy (non-hydrogen) atoms. The fraction of sp³-hybridized carbons (Fsp3) is 0.857. The summed E-state index contributed by atoms with van der Waals surface area (Å²) in [6.45, 7) is 9.66. The van der Waals surface area contributed by atoms with Crippen LogP contribution in [0.1, 0.15) is 47.5 Å². The number of hydrazine groups is 1. The van der Waals surface area contributed by atoms with Crippen LogP contribution in [-0.2, 0) is 9.53 Å². The van der Waals surface area contributed by atoms with Crippen molar-refractivity contribution in [3.63, 3.8) is 0 Å². The van der Waals surface area contributed by atoms with Crippen LogP contribution in [0.2, 0.25) is 0 Å². The smallest absolute Gasteiger partial charge is 0.332 e. The maximum atomic E-state index is 12.2. The molecule has 2 amide bonds. The van der Waals surface area contributed by atoms with Gasteiger partial charge < -0.3 is 10.1 Å². The van der Waals surface area contributed by atoms with E-state index in [0.717, 1.165) is 5.01 Å². The molecule has 9 heteroatoms. The fourth-order valence-corrected chi connectivity index (χ4v) is 1.75. The number of azide groups is 1. The Morgan fingerprint density at radius 1 is 1.39 bits per heavy atom. The van der Waals surface area contributed by atoms with E-state index >= 15 is 0 Å². The van der Waals surface area contributed by atoms with Gasteiger partial charge in [-0.15, -0.1) is 0 Å². The standard InChI is InChI=1S/C14H28N6O3/c1-10(2)9-11(12(21)23-14(3,4)5)18-13(22)20(16)8-6-7-17-19-15/h10-11H,6-9,16H2,1-5H3,(H,18,22)/t11-/m0/s1. The molecule has 0 aromatic carbocycles. The predicted octanol–water partition coefficient (Wildman–Crippen LogP) is 2.33. The molecule has 0 aromatic heterocycles. The number of esters is 1. The van der Waals surface area contributed by atoms with Gasteiger partial charge in [-0.2, -0.15) is 0 Å². The molecule has 0 aliphatic rings. The monoisotopic (exact) mass is 328 g/mol. The number of rotatable bonds is 8. The fourth-order valence-electron chi connectivity index (χ4n) is 1.75. The minimum atomic E-state index is -0.759. The lowest BCUT2D eigenvalue weighted by Crippen LogP contribution is -2.52. The molecule has 0 bridgehead atoms. The first-order valence-corrected chi connectivity index (χ1v) is 7.63. The molecule has 0 aromatic rings. The first-order chi connectivity index (χ1) is 10.6. The quantitative estimate of drug-likeness (QED) is 0.103. The van der Waals surface area contributed by atoms with Crippen LogP contribution >= 0.6 is 0 Å². The summed E-state index contributed by atoms with van der Waals surface area (Å²) < 4.78 is 5.33. The molecule has 0 aliphatic carbocycles. The van der Waals surface area contributed by atoms with Crippen LogP contribution in [0, 0.1) is 5.92 Å². The van der Waals surface area contributed by atoms with Crippen LogP contribution in [0.4, 0.5) is 4.79 Å². The van der Waals surface area contributed by atoms with Gasteiger partial charge in [0.1, 0.15) is 11.6 Å². The van der Waals surface area contributed by atoms with Crippen molar-refractivity contribution in [3.05, 3.63) is 10.4 Å². The highest BCUT2D eigenvalue weighted by atomic mass is 16.6. The summed E-state index contributed by atoms with van der Waals surface area (Å²) in [6.07, 6.45) is 0.891. The van der Waals surface area contributed by atoms with Crippen LogP contribution in [0.3, 0.4) is 0 Å². The Morgan fingerprint density at radius 3 is 2.48 bits per heavy atom. The second kappa shape index (κ2) is 9.91. The molecule has 0 unspecified atom stereocenters. The van der Waals surface area contributed by atoms with Crippen LogP contribution in [0.15, 0.2) is 5.11 Å². The number of nitrogens with zero attached hydrogens (tertiary/aromatic N) is 4. The van der Waals surface area contributed by atoms with Crippen LogP contribution in [0.25, 0.3) is 10.4 Å². The van der Waals surface area contributed by atoms with Crippen LogP contribution in [0.5, 0.6) is 0 Å². The topological polar surface area (TPSA) is 133 Å². The van der Waals surface area contributed by atoms with E-state index in [1.807, 2.05) is 13.8 Å². The van der Waals surface area contributed by atoms with Gasteiger partial charge in [-0.1, -0.05) is 19.0 Å². The SMILES string of the molecule is CC(C)C[C@H](NC(=O)N(N)CCCN=[N+]=[N-])C(=O)OC(C)(C)C. The molecule has 0 rings (SSSR count). The van der Waals surface area contributed by atoms with E-state index < -0.39 is 23.6 Å². The lowest BCUT2D eigenvalue weighted by molar-refractivity contribution is -0.157. The third-order valence-corrected chi connectivity index (χ3v) is 2.68. The zero-order chi connectivity index (χ0) is 18.0. The molecular formula is C14H28N6O3. The first kappa shape index (κ1) is 21.0. The number of nitrogens with two attached hydrogens (primary N) is 1. The van der Waals surface area contributed by atoms with E-state index in [9.17, 15) is 9.59 Å². The average molecular weight is 328 g/mol. The maximum Gasteiger partial charge on any atom is 0.332 e. The Bertz CT molecular complexity index is 440. The summed E-state index contributed by atoms with van der Waals surface area (Å²) in [6, 6.07) is -1.33. The minimum absolute atomic E-state index is 0.198. The van der Waals surface area contributed by atoms with E-state index in [1.165, 1.54) is 0 Å². The van der Waals surface area contributed by atoms with E-state index in [4.69, 9.17) is 16.1 Å². The molecule has 0 aliphatic heterocycles. The molecule has 132 valence electrons. The van der Waals surface area contributed by atoms with Gasteiger partial charge >= 0.3 is 12.0 Å². The molecule has 0 saturated carbocycles. The van der Waals surface area contributed by atoms with Gasteiger partial charge in [0.25, 0.3) is 0 Å². The molecular weight excluding hydrogens is 300 g/mol. The van der Waals surface area contributed by atoms with Crippen LogP contribution < -0.4 is 11.2 Å². The van der Waals surface area contributed by atoms with Gasteiger partial charge in [-0.25, -0.2) is 15.4 Å². The number of hydrogen-bond donors (Lipinski definition) is 2. The second-order valence-corrected chi connectivity index (χ2v) is 6.67. The summed E-state index contributed by atoms with van der Waals surface area (Å²) in [7, 11) is 0. The van der Waals surface area contributed by atoms with E-state index in [1.54, 1.807) is 20.8 Å². The number of carbonyl (C=O) groups is 2. The third kappa shape index (κ3) is 10.4.